The highest BCUT2D eigenvalue weighted by molar-refractivity contribution is 6.07. The second kappa shape index (κ2) is 10.4. The van der Waals surface area contributed by atoms with Crippen LogP contribution in [0.2, 0.25) is 0 Å². The number of ether oxygens (including phenoxy) is 2. The lowest BCUT2D eigenvalue weighted by atomic mass is 10.1. The van der Waals surface area contributed by atoms with Crippen molar-refractivity contribution in [2.24, 2.45) is 21.6 Å². The van der Waals surface area contributed by atoms with E-state index in [1.165, 1.54) is 6.42 Å². The Hall–Kier alpha value is -3.59. The summed E-state index contributed by atoms with van der Waals surface area (Å²) in [6, 6.07) is 10.3. The third-order valence-electron chi connectivity index (χ3n) is 7.51. The van der Waals surface area contributed by atoms with Crippen molar-refractivity contribution in [2.75, 3.05) is 50.1 Å². The molecule has 3 atom stereocenters. The molecule has 3 aromatic rings. The Kier molecular flexibility index (Phi) is 7.06. The van der Waals surface area contributed by atoms with Gasteiger partial charge in [-0.05, 0) is 50.7 Å². The van der Waals surface area contributed by atoms with Crippen molar-refractivity contribution in [3.05, 3.63) is 42.1 Å². The Labute approximate surface area is 218 Å². The fraction of sp³-hybridized carbons (Fsp3) is 0.464. The summed E-state index contributed by atoms with van der Waals surface area (Å²) in [5.41, 5.74) is 8.98. The molecule has 37 heavy (non-hydrogen) atoms. The molecule has 0 amide bonds. The maximum atomic E-state index is 6.51. The highest BCUT2D eigenvalue weighted by atomic mass is 16.6. The van der Waals surface area contributed by atoms with E-state index in [9.17, 15) is 0 Å². The monoisotopic (exact) mass is 503 g/mol. The largest absolute Gasteiger partial charge is 0.491 e. The van der Waals surface area contributed by atoms with E-state index in [0.717, 1.165) is 59.8 Å². The van der Waals surface area contributed by atoms with Gasteiger partial charge in [0, 0.05) is 57.3 Å². The van der Waals surface area contributed by atoms with Gasteiger partial charge in [0.05, 0.1) is 22.9 Å². The quantitative estimate of drug-likeness (QED) is 0.344. The Balaban J connectivity index is 1.32. The van der Waals surface area contributed by atoms with Crippen LogP contribution in [0.1, 0.15) is 38.5 Å². The number of amidine groups is 1. The molecule has 0 radical (unpaired) electrons. The minimum absolute atomic E-state index is 0.0517. The van der Waals surface area contributed by atoms with Gasteiger partial charge in [-0.3, -0.25) is 4.99 Å². The van der Waals surface area contributed by atoms with Crippen molar-refractivity contribution in [3.63, 3.8) is 0 Å². The summed E-state index contributed by atoms with van der Waals surface area (Å²) in [4.78, 5) is 17.8. The van der Waals surface area contributed by atoms with Crippen molar-refractivity contribution in [1.29, 1.82) is 0 Å². The normalized spacial score (nSPS) is 21.8. The van der Waals surface area contributed by atoms with Gasteiger partial charge < -0.3 is 29.6 Å². The Morgan fingerprint density at radius 2 is 2.08 bits per heavy atom. The standard InChI is InChI=1S/C28H37N7O2/c1-6-33(5)23-16-35(27(31-4)25(23)26(29)30-3)28-18(2)14-21(37-28)17-36-20-10-8-19-9-11-24(32-22(19)15-20)34-12-7-13-34/h8-11,15-16,18,21,28H,4,6-7,12-14,17H2,1-3,5H3,(H2,29,30). The first kappa shape index (κ1) is 25.1. The second-order valence-corrected chi connectivity index (χ2v) is 9.94. The van der Waals surface area contributed by atoms with E-state index in [0.29, 0.717) is 18.3 Å². The lowest BCUT2D eigenvalue weighted by Gasteiger charge is -2.32. The minimum Gasteiger partial charge on any atom is -0.491 e. The molecule has 0 bridgehead atoms. The van der Waals surface area contributed by atoms with Crippen LogP contribution < -0.4 is 20.3 Å². The summed E-state index contributed by atoms with van der Waals surface area (Å²) in [5.74, 6) is 3.20. The molecule has 2 saturated heterocycles. The smallest absolute Gasteiger partial charge is 0.147 e. The van der Waals surface area contributed by atoms with Gasteiger partial charge in [0.1, 0.15) is 36.1 Å². The molecule has 2 aliphatic heterocycles. The molecule has 2 N–H and O–H groups in total. The average Bonchev–Trinajstić information content (AvgIpc) is 3.45. The van der Waals surface area contributed by atoms with Crippen molar-refractivity contribution < 1.29 is 9.47 Å². The van der Waals surface area contributed by atoms with E-state index in [1.807, 2.05) is 23.7 Å². The molecule has 0 aliphatic carbocycles. The molecular formula is C28H37N7O2. The summed E-state index contributed by atoms with van der Waals surface area (Å²) in [6.07, 6.45) is 3.90. The van der Waals surface area contributed by atoms with Crippen molar-refractivity contribution in [3.8, 4) is 5.75 Å². The van der Waals surface area contributed by atoms with Gasteiger partial charge in [-0.25, -0.2) is 9.98 Å². The number of nitrogens with two attached hydrogens (primary N) is 1. The van der Waals surface area contributed by atoms with Gasteiger partial charge in [0.2, 0.25) is 0 Å². The van der Waals surface area contributed by atoms with Crippen LogP contribution in [0.25, 0.3) is 10.9 Å². The summed E-state index contributed by atoms with van der Waals surface area (Å²) in [7, 11) is 3.71. The number of rotatable bonds is 9. The molecule has 196 valence electrons. The first-order valence-electron chi connectivity index (χ1n) is 13.0. The molecule has 2 fully saturated rings. The molecule has 1 aromatic carbocycles. The number of pyridine rings is 1. The maximum absolute atomic E-state index is 6.51. The van der Waals surface area contributed by atoms with Crippen LogP contribution in [0.3, 0.4) is 0 Å². The van der Waals surface area contributed by atoms with Crippen LogP contribution in [0.15, 0.2) is 46.5 Å². The molecule has 0 saturated carbocycles. The van der Waals surface area contributed by atoms with E-state index < -0.39 is 0 Å². The van der Waals surface area contributed by atoms with Crippen LogP contribution in [0.5, 0.6) is 5.75 Å². The summed E-state index contributed by atoms with van der Waals surface area (Å²) in [5, 5.41) is 1.11. The number of benzene rings is 1. The SMILES string of the molecule is C=Nc1c(C(N)=NC)c(N(C)CC)cn1C1OC(COc2ccc3ccc(N4CCC4)nc3c2)CC1C. The van der Waals surface area contributed by atoms with Gasteiger partial charge in [0.15, 0.2) is 0 Å². The second-order valence-electron chi connectivity index (χ2n) is 9.94. The highest BCUT2D eigenvalue weighted by Gasteiger charge is 2.36. The zero-order valence-electron chi connectivity index (χ0n) is 22.2. The summed E-state index contributed by atoms with van der Waals surface area (Å²) >= 11 is 0. The Morgan fingerprint density at radius 1 is 1.30 bits per heavy atom. The highest BCUT2D eigenvalue weighted by Crippen LogP contribution is 2.41. The van der Waals surface area contributed by atoms with E-state index in [4.69, 9.17) is 20.2 Å². The van der Waals surface area contributed by atoms with Gasteiger partial charge in [-0.15, -0.1) is 0 Å². The van der Waals surface area contributed by atoms with Crippen molar-refractivity contribution in [2.45, 2.75) is 39.0 Å². The predicted octanol–water partition coefficient (Wildman–Crippen LogP) is 4.37. The fourth-order valence-corrected chi connectivity index (χ4v) is 5.12. The van der Waals surface area contributed by atoms with Gasteiger partial charge in [-0.1, -0.05) is 6.92 Å². The van der Waals surface area contributed by atoms with Crippen LogP contribution in [-0.2, 0) is 4.74 Å². The molecule has 9 heteroatoms. The van der Waals surface area contributed by atoms with Crippen LogP contribution in [-0.4, -0.2) is 68.5 Å². The zero-order valence-corrected chi connectivity index (χ0v) is 22.2. The minimum atomic E-state index is -0.200. The topological polar surface area (TPSA) is 93.5 Å². The molecule has 2 aliphatic rings. The number of fused-ring (bicyclic) bond motifs is 1. The first-order valence-corrected chi connectivity index (χ1v) is 13.0. The molecule has 0 spiro atoms. The fourth-order valence-electron chi connectivity index (χ4n) is 5.12. The van der Waals surface area contributed by atoms with E-state index in [-0.39, 0.29) is 18.2 Å². The van der Waals surface area contributed by atoms with Gasteiger partial charge in [0.25, 0.3) is 0 Å². The summed E-state index contributed by atoms with van der Waals surface area (Å²) in [6.45, 7) is 11.5. The molecule has 4 heterocycles. The number of nitrogens with zero attached hydrogens (tertiary/aromatic N) is 6. The number of anilines is 2. The predicted molar refractivity (Wildman–Crippen MR) is 151 cm³/mol. The Bertz CT molecular complexity index is 1310. The Morgan fingerprint density at radius 3 is 2.76 bits per heavy atom. The lowest BCUT2D eigenvalue weighted by Crippen LogP contribution is -2.37. The number of hydrogen-bond acceptors (Lipinski definition) is 7. The van der Waals surface area contributed by atoms with E-state index in [2.05, 4.69) is 64.7 Å². The molecule has 5 rings (SSSR count). The molecular weight excluding hydrogens is 466 g/mol. The van der Waals surface area contributed by atoms with Crippen LogP contribution in [0, 0.1) is 5.92 Å². The lowest BCUT2D eigenvalue weighted by molar-refractivity contribution is -0.0258. The molecule has 9 nitrogen and oxygen atoms in total. The number of hydrogen-bond donors (Lipinski definition) is 1. The zero-order chi connectivity index (χ0) is 26.1. The van der Waals surface area contributed by atoms with E-state index >= 15 is 0 Å². The van der Waals surface area contributed by atoms with Crippen molar-refractivity contribution >= 4 is 40.8 Å². The maximum Gasteiger partial charge on any atom is 0.147 e. The third-order valence-corrected chi connectivity index (χ3v) is 7.51. The third kappa shape index (κ3) is 4.75. The molecule has 3 unspecified atom stereocenters. The van der Waals surface area contributed by atoms with E-state index in [1.54, 1.807) is 7.05 Å². The first-order chi connectivity index (χ1) is 17.9. The molecule has 2 aromatic heterocycles. The number of aromatic nitrogens is 2. The van der Waals surface area contributed by atoms with Crippen LogP contribution >= 0.6 is 0 Å². The van der Waals surface area contributed by atoms with Gasteiger partial charge >= 0.3 is 0 Å². The van der Waals surface area contributed by atoms with Crippen LogP contribution in [0.4, 0.5) is 17.3 Å². The van der Waals surface area contributed by atoms with Crippen molar-refractivity contribution in [1.82, 2.24) is 9.55 Å². The average molecular weight is 504 g/mol. The number of aliphatic imine (C=N–C) groups is 2. The van der Waals surface area contributed by atoms with Gasteiger partial charge in [-0.2, -0.15) is 0 Å². The summed E-state index contributed by atoms with van der Waals surface area (Å²) < 4.78 is 14.8.